The molecular formula is C17H34N2O. The van der Waals surface area contributed by atoms with Crippen molar-refractivity contribution < 1.29 is 4.74 Å². The highest BCUT2D eigenvalue weighted by Crippen LogP contribution is 2.44. The van der Waals surface area contributed by atoms with E-state index in [0.29, 0.717) is 17.5 Å². The predicted octanol–water partition coefficient (Wildman–Crippen LogP) is 3.04. The molecule has 3 heteroatoms. The Balaban J connectivity index is 2.18. The minimum Gasteiger partial charge on any atom is -0.368 e. The second-order valence-electron chi connectivity index (χ2n) is 8.31. The van der Waals surface area contributed by atoms with E-state index in [1.807, 2.05) is 0 Å². The first-order chi connectivity index (χ1) is 9.10. The molecule has 2 saturated heterocycles. The highest BCUT2D eigenvalue weighted by molar-refractivity contribution is 5.07. The smallest absolute Gasteiger partial charge is 0.0790 e. The minimum absolute atomic E-state index is 0.0605. The summed E-state index contributed by atoms with van der Waals surface area (Å²) in [4.78, 5) is 2.68. The van der Waals surface area contributed by atoms with E-state index in [2.05, 4.69) is 58.7 Å². The summed E-state index contributed by atoms with van der Waals surface area (Å²) in [5, 5.41) is 3.69. The van der Waals surface area contributed by atoms with Crippen LogP contribution in [-0.4, -0.2) is 47.3 Å². The molecule has 0 aromatic rings. The van der Waals surface area contributed by atoms with Gasteiger partial charge in [-0.05, 0) is 67.5 Å². The fourth-order valence-electron chi connectivity index (χ4n) is 4.38. The maximum Gasteiger partial charge on any atom is 0.0790 e. The van der Waals surface area contributed by atoms with E-state index in [4.69, 9.17) is 4.74 Å². The Morgan fingerprint density at radius 1 is 1.10 bits per heavy atom. The van der Waals surface area contributed by atoms with E-state index in [1.54, 1.807) is 0 Å². The van der Waals surface area contributed by atoms with Gasteiger partial charge in [0.25, 0.3) is 0 Å². The van der Waals surface area contributed by atoms with Crippen molar-refractivity contribution in [2.75, 3.05) is 19.6 Å². The van der Waals surface area contributed by atoms with Crippen molar-refractivity contribution in [1.29, 1.82) is 0 Å². The number of nitrogens with zero attached hydrogens (tertiary/aromatic N) is 1. The van der Waals surface area contributed by atoms with Gasteiger partial charge in [-0.25, -0.2) is 0 Å². The van der Waals surface area contributed by atoms with Crippen LogP contribution in [0.25, 0.3) is 0 Å². The molecule has 118 valence electrons. The Bertz CT molecular complexity index is 349. The van der Waals surface area contributed by atoms with Gasteiger partial charge < -0.3 is 10.1 Å². The molecule has 2 atom stereocenters. The van der Waals surface area contributed by atoms with Crippen LogP contribution in [0.15, 0.2) is 0 Å². The van der Waals surface area contributed by atoms with Crippen LogP contribution in [-0.2, 0) is 4.74 Å². The number of nitrogens with one attached hydrogen (secondary N) is 1. The molecule has 2 unspecified atom stereocenters. The van der Waals surface area contributed by atoms with Gasteiger partial charge in [-0.15, -0.1) is 0 Å². The van der Waals surface area contributed by atoms with Crippen molar-refractivity contribution in [3.05, 3.63) is 0 Å². The van der Waals surface area contributed by atoms with Crippen molar-refractivity contribution in [1.82, 2.24) is 10.2 Å². The Hall–Kier alpha value is -0.120. The summed E-state index contributed by atoms with van der Waals surface area (Å²) in [6.07, 6.45) is 2.65. The SMILES string of the molecule is CCNC1C(CN2CCCC2(C)C)C(C)(C)OC1(C)C. The molecule has 2 rings (SSSR count). The monoisotopic (exact) mass is 282 g/mol. The van der Waals surface area contributed by atoms with Crippen LogP contribution in [0.4, 0.5) is 0 Å². The molecule has 0 saturated carbocycles. The van der Waals surface area contributed by atoms with Gasteiger partial charge in [0.1, 0.15) is 0 Å². The van der Waals surface area contributed by atoms with Gasteiger partial charge >= 0.3 is 0 Å². The fourth-order valence-corrected chi connectivity index (χ4v) is 4.38. The summed E-state index contributed by atoms with van der Waals surface area (Å²) in [5.74, 6) is 0.537. The maximum atomic E-state index is 6.40. The zero-order chi connectivity index (χ0) is 15.2. The molecule has 0 aliphatic carbocycles. The molecule has 20 heavy (non-hydrogen) atoms. The summed E-state index contributed by atoms with van der Waals surface area (Å²) < 4.78 is 6.40. The number of likely N-dealkylation sites (tertiary alicyclic amines) is 1. The van der Waals surface area contributed by atoms with Crippen molar-refractivity contribution >= 4 is 0 Å². The molecule has 2 heterocycles. The van der Waals surface area contributed by atoms with E-state index in [9.17, 15) is 0 Å². The summed E-state index contributed by atoms with van der Waals surface area (Å²) >= 11 is 0. The van der Waals surface area contributed by atoms with Gasteiger partial charge in [0.2, 0.25) is 0 Å². The molecule has 0 bridgehead atoms. The summed E-state index contributed by atoms with van der Waals surface area (Å²) in [6, 6.07) is 0.430. The largest absolute Gasteiger partial charge is 0.368 e. The molecule has 2 aliphatic heterocycles. The third-order valence-electron chi connectivity index (χ3n) is 5.48. The molecule has 2 fully saturated rings. The fraction of sp³-hybridized carbons (Fsp3) is 1.00. The molecular weight excluding hydrogens is 248 g/mol. The number of rotatable bonds is 4. The predicted molar refractivity (Wildman–Crippen MR) is 85.1 cm³/mol. The van der Waals surface area contributed by atoms with Gasteiger partial charge in [-0.3, -0.25) is 4.90 Å². The lowest BCUT2D eigenvalue weighted by atomic mass is 9.81. The first-order valence-corrected chi connectivity index (χ1v) is 8.29. The molecule has 1 N–H and O–H groups in total. The first-order valence-electron chi connectivity index (χ1n) is 8.29. The zero-order valence-electron chi connectivity index (χ0n) is 14.5. The van der Waals surface area contributed by atoms with Gasteiger partial charge in [-0.1, -0.05) is 6.92 Å². The van der Waals surface area contributed by atoms with E-state index in [1.165, 1.54) is 19.4 Å². The molecule has 0 radical (unpaired) electrons. The third kappa shape index (κ3) is 2.90. The normalized spacial score (nSPS) is 35.5. The van der Waals surface area contributed by atoms with Crippen molar-refractivity contribution in [2.45, 2.75) is 84.1 Å². The second-order valence-corrected chi connectivity index (χ2v) is 8.31. The average molecular weight is 282 g/mol. The van der Waals surface area contributed by atoms with Crippen LogP contribution in [0.3, 0.4) is 0 Å². The highest BCUT2D eigenvalue weighted by atomic mass is 16.5. The van der Waals surface area contributed by atoms with E-state index in [-0.39, 0.29) is 11.2 Å². The molecule has 0 amide bonds. The third-order valence-corrected chi connectivity index (χ3v) is 5.48. The molecule has 0 aromatic carbocycles. The Labute approximate surface area is 125 Å². The van der Waals surface area contributed by atoms with Crippen LogP contribution in [0.1, 0.15) is 61.3 Å². The standard InChI is InChI=1S/C17H34N2O/c1-8-18-14-13(16(4,5)20-17(14,6)7)12-19-11-9-10-15(19,2)3/h13-14,18H,8-12H2,1-7H3. The number of likely N-dealkylation sites (N-methyl/N-ethyl adjacent to an activating group) is 1. The van der Waals surface area contributed by atoms with Crippen molar-refractivity contribution in [3.63, 3.8) is 0 Å². The summed E-state index contributed by atoms with van der Waals surface area (Å²) in [6.45, 7) is 19.3. The first kappa shape index (κ1) is 16.3. The highest BCUT2D eigenvalue weighted by Gasteiger charge is 2.54. The van der Waals surface area contributed by atoms with Crippen LogP contribution in [0.5, 0.6) is 0 Å². The Morgan fingerprint density at radius 2 is 1.75 bits per heavy atom. The van der Waals surface area contributed by atoms with E-state index >= 15 is 0 Å². The van der Waals surface area contributed by atoms with Crippen molar-refractivity contribution in [2.24, 2.45) is 5.92 Å². The lowest BCUT2D eigenvalue weighted by molar-refractivity contribution is -0.0805. The van der Waals surface area contributed by atoms with E-state index in [0.717, 1.165) is 13.1 Å². The number of hydrogen-bond donors (Lipinski definition) is 1. The molecule has 3 nitrogen and oxygen atoms in total. The summed E-state index contributed by atoms with van der Waals surface area (Å²) in [5.41, 5.74) is 0.197. The van der Waals surface area contributed by atoms with E-state index < -0.39 is 0 Å². The maximum absolute atomic E-state index is 6.40. The Morgan fingerprint density at radius 3 is 2.25 bits per heavy atom. The minimum atomic E-state index is -0.0892. The van der Waals surface area contributed by atoms with Crippen LogP contribution in [0, 0.1) is 5.92 Å². The number of hydrogen-bond acceptors (Lipinski definition) is 3. The van der Waals surface area contributed by atoms with Crippen molar-refractivity contribution in [3.8, 4) is 0 Å². The van der Waals surface area contributed by atoms with Crippen LogP contribution in [0.2, 0.25) is 0 Å². The average Bonchev–Trinajstić information content (AvgIpc) is 2.68. The number of ether oxygens (including phenoxy) is 1. The molecule has 2 aliphatic rings. The van der Waals surface area contributed by atoms with Gasteiger partial charge in [0.05, 0.1) is 11.2 Å². The molecule has 0 aromatic heterocycles. The Kier molecular flexibility index (Phi) is 4.27. The van der Waals surface area contributed by atoms with Gasteiger partial charge in [-0.2, -0.15) is 0 Å². The van der Waals surface area contributed by atoms with Crippen LogP contribution < -0.4 is 5.32 Å². The molecule has 0 spiro atoms. The lowest BCUT2D eigenvalue weighted by Crippen LogP contribution is -2.53. The van der Waals surface area contributed by atoms with Crippen LogP contribution >= 0.6 is 0 Å². The van der Waals surface area contributed by atoms with Gasteiger partial charge in [0, 0.05) is 24.0 Å². The lowest BCUT2D eigenvalue weighted by Gasteiger charge is -2.38. The quantitative estimate of drug-likeness (QED) is 0.858. The second kappa shape index (κ2) is 5.26. The zero-order valence-corrected chi connectivity index (χ0v) is 14.5. The topological polar surface area (TPSA) is 24.5 Å². The van der Waals surface area contributed by atoms with Gasteiger partial charge in [0.15, 0.2) is 0 Å². The summed E-state index contributed by atoms with van der Waals surface area (Å²) in [7, 11) is 0.